The van der Waals surface area contributed by atoms with Crippen LogP contribution in [-0.2, 0) is 0 Å². The molecule has 6 nitrogen and oxygen atoms in total. The van der Waals surface area contributed by atoms with Gasteiger partial charge in [0.1, 0.15) is 0 Å². The molecule has 1 aromatic heterocycles. The average molecular weight is 326 g/mol. The van der Waals surface area contributed by atoms with Crippen molar-refractivity contribution >= 4 is 5.95 Å². The third-order valence-corrected chi connectivity index (χ3v) is 4.81. The van der Waals surface area contributed by atoms with Crippen LogP contribution in [-0.4, -0.2) is 47.8 Å². The Balaban J connectivity index is 1.42. The maximum Gasteiger partial charge on any atom is 0.231 e. The van der Waals surface area contributed by atoms with Gasteiger partial charge in [0, 0.05) is 44.1 Å². The summed E-state index contributed by atoms with van der Waals surface area (Å²) in [7, 11) is 0. The SMILES string of the molecule is Cc1ccnc(N2CCN(C(C)c3ccc4c(c3)OCO4)CC2)n1. The largest absolute Gasteiger partial charge is 0.454 e. The maximum absolute atomic E-state index is 5.50. The van der Waals surface area contributed by atoms with Crippen molar-refractivity contribution in [2.24, 2.45) is 0 Å². The number of anilines is 1. The first-order valence-electron chi connectivity index (χ1n) is 8.39. The Hall–Kier alpha value is -2.34. The molecule has 0 N–H and O–H groups in total. The number of hydrogen-bond acceptors (Lipinski definition) is 6. The van der Waals surface area contributed by atoms with Gasteiger partial charge in [-0.25, -0.2) is 9.97 Å². The maximum atomic E-state index is 5.50. The smallest absolute Gasteiger partial charge is 0.231 e. The van der Waals surface area contributed by atoms with E-state index in [1.165, 1.54) is 5.56 Å². The van der Waals surface area contributed by atoms with Crippen LogP contribution in [0.2, 0.25) is 0 Å². The summed E-state index contributed by atoms with van der Waals surface area (Å²) in [5.41, 5.74) is 2.27. The predicted octanol–water partition coefficient (Wildman–Crippen LogP) is 2.40. The zero-order valence-electron chi connectivity index (χ0n) is 14.1. The first kappa shape index (κ1) is 15.2. The number of hydrogen-bond donors (Lipinski definition) is 0. The molecule has 0 bridgehead atoms. The van der Waals surface area contributed by atoms with Gasteiger partial charge in [-0.3, -0.25) is 4.90 Å². The van der Waals surface area contributed by atoms with Crippen molar-refractivity contribution in [3.8, 4) is 11.5 Å². The molecule has 6 heteroatoms. The second-order valence-corrected chi connectivity index (χ2v) is 6.31. The van der Waals surface area contributed by atoms with Gasteiger partial charge >= 0.3 is 0 Å². The summed E-state index contributed by atoms with van der Waals surface area (Å²) in [6.07, 6.45) is 1.83. The zero-order chi connectivity index (χ0) is 16.5. The third kappa shape index (κ3) is 2.89. The van der Waals surface area contributed by atoms with E-state index in [1.807, 2.05) is 25.3 Å². The van der Waals surface area contributed by atoms with Crippen LogP contribution < -0.4 is 14.4 Å². The van der Waals surface area contributed by atoms with Crippen molar-refractivity contribution in [1.82, 2.24) is 14.9 Å². The molecule has 0 spiro atoms. The first-order valence-corrected chi connectivity index (χ1v) is 8.39. The van der Waals surface area contributed by atoms with Gasteiger partial charge < -0.3 is 14.4 Å². The summed E-state index contributed by atoms with van der Waals surface area (Å²) >= 11 is 0. The highest BCUT2D eigenvalue weighted by molar-refractivity contribution is 5.45. The lowest BCUT2D eigenvalue weighted by molar-refractivity contribution is 0.173. The number of fused-ring (bicyclic) bond motifs is 1. The van der Waals surface area contributed by atoms with Gasteiger partial charge in [-0.05, 0) is 37.6 Å². The van der Waals surface area contributed by atoms with E-state index in [0.29, 0.717) is 12.8 Å². The number of nitrogens with zero attached hydrogens (tertiary/aromatic N) is 4. The highest BCUT2D eigenvalue weighted by Gasteiger charge is 2.24. The molecular formula is C18H22N4O2. The van der Waals surface area contributed by atoms with E-state index in [2.05, 4.69) is 38.8 Å². The van der Waals surface area contributed by atoms with Crippen LogP contribution in [0.15, 0.2) is 30.5 Å². The van der Waals surface area contributed by atoms with Crippen molar-refractivity contribution in [2.45, 2.75) is 19.9 Å². The molecule has 3 heterocycles. The minimum Gasteiger partial charge on any atom is -0.454 e. The molecule has 1 atom stereocenters. The first-order chi connectivity index (χ1) is 11.7. The predicted molar refractivity (Wildman–Crippen MR) is 91.5 cm³/mol. The van der Waals surface area contributed by atoms with E-state index in [4.69, 9.17) is 9.47 Å². The van der Waals surface area contributed by atoms with Crippen LogP contribution in [0.4, 0.5) is 5.95 Å². The van der Waals surface area contributed by atoms with Gasteiger partial charge in [0.15, 0.2) is 11.5 Å². The quantitative estimate of drug-likeness (QED) is 0.863. The molecule has 0 aliphatic carbocycles. The molecule has 1 fully saturated rings. The van der Waals surface area contributed by atoms with Gasteiger partial charge in [0.25, 0.3) is 0 Å². The van der Waals surface area contributed by atoms with E-state index in [0.717, 1.165) is 49.3 Å². The molecule has 0 saturated carbocycles. The minimum absolute atomic E-state index is 0.322. The molecule has 126 valence electrons. The Kier molecular flexibility index (Phi) is 3.98. The molecule has 4 rings (SSSR count). The Morgan fingerprint density at radius 3 is 2.62 bits per heavy atom. The number of aromatic nitrogens is 2. The Morgan fingerprint density at radius 2 is 1.83 bits per heavy atom. The van der Waals surface area contributed by atoms with Crippen LogP contribution in [0, 0.1) is 6.92 Å². The van der Waals surface area contributed by atoms with Crippen molar-refractivity contribution < 1.29 is 9.47 Å². The van der Waals surface area contributed by atoms with Gasteiger partial charge in [-0.15, -0.1) is 0 Å². The molecule has 0 amide bonds. The van der Waals surface area contributed by atoms with Crippen LogP contribution >= 0.6 is 0 Å². The van der Waals surface area contributed by atoms with E-state index in [9.17, 15) is 0 Å². The highest BCUT2D eigenvalue weighted by Crippen LogP contribution is 2.35. The number of aryl methyl sites for hydroxylation is 1. The Labute approximate surface area is 142 Å². The van der Waals surface area contributed by atoms with Crippen molar-refractivity contribution in [2.75, 3.05) is 37.9 Å². The van der Waals surface area contributed by atoms with Crippen LogP contribution in [0.25, 0.3) is 0 Å². The summed E-state index contributed by atoms with van der Waals surface area (Å²) in [6, 6.07) is 8.52. The fourth-order valence-electron chi connectivity index (χ4n) is 3.28. The fourth-order valence-corrected chi connectivity index (χ4v) is 3.28. The lowest BCUT2D eigenvalue weighted by Gasteiger charge is -2.38. The van der Waals surface area contributed by atoms with Crippen molar-refractivity contribution in [3.05, 3.63) is 41.7 Å². The molecule has 1 unspecified atom stereocenters. The number of ether oxygens (including phenoxy) is 2. The standard InChI is InChI=1S/C18H22N4O2/c1-13-5-6-19-18(20-13)22-9-7-21(8-10-22)14(2)15-3-4-16-17(11-15)24-12-23-16/h3-6,11,14H,7-10,12H2,1-2H3. The minimum atomic E-state index is 0.322. The molecule has 2 aliphatic heterocycles. The second kappa shape index (κ2) is 6.28. The number of benzene rings is 1. The summed E-state index contributed by atoms with van der Waals surface area (Å²) < 4.78 is 10.9. The lowest BCUT2D eigenvalue weighted by Crippen LogP contribution is -2.47. The Morgan fingerprint density at radius 1 is 1.04 bits per heavy atom. The average Bonchev–Trinajstić information content (AvgIpc) is 3.09. The third-order valence-electron chi connectivity index (χ3n) is 4.81. The van der Waals surface area contributed by atoms with Crippen LogP contribution in [0.5, 0.6) is 11.5 Å². The highest BCUT2D eigenvalue weighted by atomic mass is 16.7. The topological polar surface area (TPSA) is 50.7 Å². The molecule has 0 radical (unpaired) electrons. The molecule has 2 aromatic rings. The molecule has 24 heavy (non-hydrogen) atoms. The van der Waals surface area contributed by atoms with Gasteiger partial charge in [-0.2, -0.15) is 0 Å². The van der Waals surface area contributed by atoms with Gasteiger partial charge in [0.2, 0.25) is 12.7 Å². The second-order valence-electron chi connectivity index (χ2n) is 6.31. The lowest BCUT2D eigenvalue weighted by atomic mass is 10.1. The molecule has 1 aromatic carbocycles. The van der Waals surface area contributed by atoms with E-state index in [-0.39, 0.29) is 0 Å². The van der Waals surface area contributed by atoms with Gasteiger partial charge in [0.05, 0.1) is 0 Å². The zero-order valence-corrected chi connectivity index (χ0v) is 14.1. The number of rotatable bonds is 3. The van der Waals surface area contributed by atoms with Crippen LogP contribution in [0.1, 0.15) is 24.2 Å². The Bertz CT molecular complexity index is 729. The molecular weight excluding hydrogens is 304 g/mol. The van der Waals surface area contributed by atoms with Crippen LogP contribution in [0.3, 0.4) is 0 Å². The fraction of sp³-hybridized carbons (Fsp3) is 0.444. The van der Waals surface area contributed by atoms with E-state index >= 15 is 0 Å². The summed E-state index contributed by atoms with van der Waals surface area (Å²) in [5, 5.41) is 0. The number of piperazine rings is 1. The van der Waals surface area contributed by atoms with Crippen molar-refractivity contribution in [1.29, 1.82) is 0 Å². The normalized spacial score (nSPS) is 18.7. The summed E-state index contributed by atoms with van der Waals surface area (Å²) in [5.74, 6) is 2.53. The molecule has 2 aliphatic rings. The summed E-state index contributed by atoms with van der Waals surface area (Å²) in [4.78, 5) is 13.7. The van der Waals surface area contributed by atoms with Crippen molar-refractivity contribution in [3.63, 3.8) is 0 Å². The summed E-state index contributed by atoms with van der Waals surface area (Å²) in [6.45, 7) is 8.44. The van der Waals surface area contributed by atoms with E-state index < -0.39 is 0 Å². The monoisotopic (exact) mass is 326 g/mol. The van der Waals surface area contributed by atoms with Gasteiger partial charge in [-0.1, -0.05) is 6.07 Å². The molecule has 1 saturated heterocycles. The van der Waals surface area contributed by atoms with E-state index in [1.54, 1.807) is 0 Å².